The van der Waals surface area contributed by atoms with E-state index in [1.165, 1.54) is 0 Å². The van der Waals surface area contributed by atoms with E-state index in [2.05, 4.69) is 0 Å². The third-order valence-corrected chi connectivity index (χ3v) is 2.51. The average Bonchev–Trinajstić information content (AvgIpc) is 2.12. The lowest BCUT2D eigenvalue weighted by atomic mass is 9.87. The van der Waals surface area contributed by atoms with Crippen LogP contribution in [0.2, 0.25) is 0 Å². The fraction of sp³-hybridized carbons (Fsp3) is 0.364. The monoisotopic (exact) mass is 176 g/mol. The summed E-state index contributed by atoms with van der Waals surface area (Å²) in [5.74, 6) is 0.153. The highest BCUT2D eigenvalue weighted by molar-refractivity contribution is 5.98. The standard InChI is InChI=1S/C11H12O2/c1-7-2-3-8-9(6-7)11(13)5-4-10(8)12/h2-3,6,11,13H,4-5H2,1H3. The van der Waals surface area contributed by atoms with E-state index in [4.69, 9.17) is 0 Å². The van der Waals surface area contributed by atoms with E-state index in [-0.39, 0.29) is 5.78 Å². The zero-order valence-electron chi connectivity index (χ0n) is 7.58. The molecule has 0 radical (unpaired) electrons. The molecule has 1 aromatic carbocycles. The number of Topliss-reactive ketones (excluding diaryl/α,β-unsaturated/α-hetero) is 1. The van der Waals surface area contributed by atoms with Crippen molar-refractivity contribution in [2.45, 2.75) is 25.9 Å². The number of hydrogen-bond donors (Lipinski definition) is 1. The average molecular weight is 176 g/mol. The van der Waals surface area contributed by atoms with Crippen LogP contribution in [0.3, 0.4) is 0 Å². The Labute approximate surface area is 77.2 Å². The van der Waals surface area contributed by atoms with Crippen LogP contribution in [-0.4, -0.2) is 10.9 Å². The Hall–Kier alpha value is -1.15. The molecule has 0 aromatic heterocycles. The molecule has 0 amide bonds. The first-order valence-corrected chi connectivity index (χ1v) is 4.50. The molecule has 0 saturated heterocycles. The predicted octanol–water partition coefficient (Wildman–Crippen LogP) is 2.00. The lowest BCUT2D eigenvalue weighted by Gasteiger charge is -2.20. The van der Waals surface area contributed by atoms with E-state index in [1.54, 1.807) is 0 Å². The maximum absolute atomic E-state index is 11.4. The van der Waals surface area contributed by atoms with Gasteiger partial charge in [0.1, 0.15) is 0 Å². The first kappa shape index (κ1) is 8.45. The van der Waals surface area contributed by atoms with Crippen molar-refractivity contribution in [3.05, 3.63) is 34.9 Å². The largest absolute Gasteiger partial charge is 0.388 e. The van der Waals surface area contributed by atoms with Gasteiger partial charge in [-0.15, -0.1) is 0 Å². The van der Waals surface area contributed by atoms with E-state index >= 15 is 0 Å². The molecular formula is C11H12O2. The van der Waals surface area contributed by atoms with Crippen molar-refractivity contribution >= 4 is 5.78 Å². The minimum absolute atomic E-state index is 0.153. The molecular weight excluding hydrogens is 164 g/mol. The van der Waals surface area contributed by atoms with Crippen molar-refractivity contribution in [1.29, 1.82) is 0 Å². The summed E-state index contributed by atoms with van der Waals surface area (Å²) in [6, 6.07) is 5.63. The molecule has 0 aliphatic heterocycles. The fourth-order valence-corrected chi connectivity index (χ4v) is 1.77. The van der Waals surface area contributed by atoms with Gasteiger partial charge in [-0.1, -0.05) is 23.8 Å². The van der Waals surface area contributed by atoms with Gasteiger partial charge in [0.05, 0.1) is 6.10 Å². The molecule has 0 saturated carbocycles. The Kier molecular flexibility index (Phi) is 1.93. The molecule has 1 N–H and O–H groups in total. The third kappa shape index (κ3) is 1.38. The summed E-state index contributed by atoms with van der Waals surface area (Å²) in [6.45, 7) is 1.96. The minimum atomic E-state index is -0.451. The Morgan fingerprint density at radius 1 is 1.46 bits per heavy atom. The second-order valence-electron chi connectivity index (χ2n) is 3.57. The number of carbonyl (C=O) groups is 1. The zero-order valence-corrected chi connectivity index (χ0v) is 7.58. The van der Waals surface area contributed by atoms with Gasteiger partial charge in [0.25, 0.3) is 0 Å². The maximum Gasteiger partial charge on any atom is 0.163 e. The number of ketones is 1. The van der Waals surface area contributed by atoms with E-state index in [0.717, 1.165) is 11.1 Å². The van der Waals surface area contributed by atoms with Gasteiger partial charge in [-0.25, -0.2) is 0 Å². The van der Waals surface area contributed by atoms with Crippen LogP contribution in [0.4, 0.5) is 0 Å². The van der Waals surface area contributed by atoms with Crippen LogP contribution in [0.1, 0.15) is 40.4 Å². The van der Waals surface area contributed by atoms with Crippen molar-refractivity contribution < 1.29 is 9.90 Å². The number of aliphatic hydroxyl groups is 1. The van der Waals surface area contributed by atoms with Gasteiger partial charge in [0, 0.05) is 12.0 Å². The summed E-state index contributed by atoms with van der Waals surface area (Å²) in [5, 5.41) is 9.65. The first-order valence-electron chi connectivity index (χ1n) is 4.50. The summed E-state index contributed by atoms with van der Waals surface area (Å²) < 4.78 is 0. The Balaban J connectivity index is 2.57. The number of hydrogen-bond acceptors (Lipinski definition) is 2. The lowest BCUT2D eigenvalue weighted by molar-refractivity contribution is 0.0897. The van der Waals surface area contributed by atoms with Crippen LogP contribution in [0.15, 0.2) is 18.2 Å². The van der Waals surface area contributed by atoms with Gasteiger partial charge in [-0.2, -0.15) is 0 Å². The number of benzene rings is 1. The Morgan fingerprint density at radius 2 is 2.23 bits per heavy atom. The molecule has 1 unspecified atom stereocenters. The normalized spacial score (nSPS) is 21.4. The molecule has 1 aromatic rings. The van der Waals surface area contributed by atoms with Crippen molar-refractivity contribution in [3.63, 3.8) is 0 Å². The zero-order chi connectivity index (χ0) is 9.42. The minimum Gasteiger partial charge on any atom is -0.388 e. The molecule has 1 atom stereocenters. The van der Waals surface area contributed by atoms with Gasteiger partial charge in [0.2, 0.25) is 0 Å². The molecule has 0 bridgehead atoms. The van der Waals surface area contributed by atoms with Gasteiger partial charge in [-0.05, 0) is 18.9 Å². The molecule has 1 aliphatic carbocycles. The lowest BCUT2D eigenvalue weighted by Crippen LogP contribution is -2.15. The first-order chi connectivity index (χ1) is 6.18. The summed E-state index contributed by atoms with van der Waals surface area (Å²) >= 11 is 0. The molecule has 2 nitrogen and oxygen atoms in total. The van der Waals surface area contributed by atoms with Crippen LogP contribution in [-0.2, 0) is 0 Å². The molecule has 13 heavy (non-hydrogen) atoms. The van der Waals surface area contributed by atoms with Crippen molar-refractivity contribution in [1.82, 2.24) is 0 Å². The number of rotatable bonds is 0. The van der Waals surface area contributed by atoms with Gasteiger partial charge < -0.3 is 5.11 Å². The van der Waals surface area contributed by atoms with Crippen molar-refractivity contribution in [3.8, 4) is 0 Å². The Morgan fingerprint density at radius 3 is 3.00 bits per heavy atom. The van der Waals surface area contributed by atoms with Crippen LogP contribution in [0, 0.1) is 6.92 Å². The third-order valence-electron chi connectivity index (χ3n) is 2.51. The summed E-state index contributed by atoms with van der Waals surface area (Å²) in [4.78, 5) is 11.4. The second-order valence-corrected chi connectivity index (χ2v) is 3.57. The number of aliphatic hydroxyl groups excluding tert-OH is 1. The smallest absolute Gasteiger partial charge is 0.163 e. The SMILES string of the molecule is Cc1ccc2c(c1)C(O)CCC2=O. The van der Waals surface area contributed by atoms with Crippen molar-refractivity contribution in [2.24, 2.45) is 0 Å². The van der Waals surface area contributed by atoms with Crippen LogP contribution < -0.4 is 0 Å². The molecule has 2 heteroatoms. The van der Waals surface area contributed by atoms with Crippen molar-refractivity contribution in [2.75, 3.05) is 0 Å². The number of carbonyl (C=O) groups excluding carboxylic acids is 1. The topological polar surface area (TPSA) is 37.3 Å². The quantitative estimate of drug-likeness (QED) is 0.656. The van der Waals surface area contributed by atoms with Gasteiger partial charge in [-0.3, -0.25) is 4.79 Å². The number of aryl methyl sites for hydroxylation is 1. The Bertz CT molecular complexity index is 355. The predicted molar refractivity (Wildman–Crippen MR) is 49.7 cm³/mol. The van der Waals surface area contributed by atoms with E-state index in [9.17, 15) is 9.90 Å². The molecule has 1 aliphatic rings. The molecule has 68 valence electrons. The van der Waals surface area contributed by atoms with E-state index in [1.807, 2.05) is 25.1 Å². The summed E-state index contributed by atoms with van der Waals surface area (Å²) in [5.41, 5.74) is 2.59. The fourth-order valence-electron chi connectivity index (χ4n) is 1.77. The van der Waals surface area contributed by atoms with E-state index in [0.29, 0.717) is 18.4 Å². The highest BCUT2D eigenvalue weighted by atomic mass is 16.3. The molecule has 0 heterocycles. The van der Waals surface area contributed by atoms with Gasteiger partial charge in [0.15, 0.2) is 5.78 Å². The highest BCUT2D eigenvalue weighted by Crippen LogP contribution is 2.29. The summed E-state index contributed by atoms with van der Waals surface area (Å²) in [6.07, 6.45) is 0.583. The van der Waals surface area contributed by atoms with Crippen LogP contribution >= 0.6 is 0 Å². The summed E-state index contributed by atoms with van der Waals surface area (Å²) in [7, 11) is 0. The maximum atomic E-state index is 11.4. The van der Waals surface area contributed by atoms with E-state index < -0.39 is 6.10 Å². The highest BCUT2D eigenvalue weighted by Gasteiger charge is 2.23. The molecule has 0 spiro atoms. The van der Waals surface area contributed by atoms with Gasteiger partial charge >= 0.3 is 0 Å². The van der Waals surface area contributed by atoms with Crippen LogP contribution in [0.25, 0.3) is 0 Å². The van der Waals surface area contributed by atoms with Crippen LogP contribution in [0.5, 0.6) is 0 Å². The second kappa shape index (κ2) is 2.96. The molecule has 2 rings (SSSR count). The molecule has 0 fully saturated rings. The number of fused-ring (bicyclic) bond motifs is 1.